The number of nitrogens with zero attached hydrogens (tertiary/aromatic N) is 1. The zero-order chi connectivity index (χ0) is 7.40. The maximum absolute atomic E-state index is 10.7. The van der Waals surface area contributed by atoms with E-state index in [1.54, 1.807) is 6.20 Å². The molecule has 0 saturated heterocycles. The van der Waals surface area contributed by atoms with E-state index in [2.05, 4.69) is 10.3 Å². The minimum Gasteiger partial charge on any atom is -0.302 e. The molecule has 1 aromatic heterocycles. The Morgan fingerprint density at radius 3 is 3.00 bits per heavy atom. The second-order valence-electron chi connectivity index (χ2n) is 1.74. The Balaban J connectivity index is 0.000001000. The van der Waals surface area contributed by atoms with Crippen LogP contribution in [0.3, 0.4) is 0 Å². The molecule has 0 unspecified atom stereocenters. The van der Waals surface area contributed by atoms with Crippen LogP contribution < -0.4 is 5.32 Å². The minimum atomic E-state index is 0. The Morgan fingerprint density at radius 1 is 1.82 bits per heavy atom. The van der Waals surface area contributed by atoms with Gasteiger partial charge in [0.2, 0.25) is 5.91 Å². The number of hydrogen-bond acceptors (Lipinski definition) is 3. The molecule has 1 amide bonds. The quantitative estimate of drug-likeness (QED) is 0.742. The van der Waals surface area contributed by atoms with Gasteiger partial charge in [-0.3, -0.25) is 4.79 Å². The molecule has 0 aliphatic carbocycles. The first-order valence-corrected chi connectivity index (χ1v) is 3.90. The predicted molar refractivity (Wildman–Crippen MR) is 47.8 cm³/mol. The monoisotopic (exact) mass is 172 g/mol. The predicted octanol–water partition coefficient (Wildman–Crippen LogP) is 2.13. The lowest BCUT2D eigenvalue weighted by Crippen LogP contribution is -2.08. The molecule has 0 bridgehead atoms. The molecule has 0 radical (unpaired) electrons. The summed E-state index contributed by atoms with van der Waals surface area (Å²) < 4.78 is 0. The molecular weight excluding hydrogens is 160 g/mol. The van der Waals surface area contributed by atoms with E-state index in [1.165, 1.54) is 11.3 Å². The molecule has 0 spiro atoms. The minimum absolute atomic E-state index is 0. The third-order valence-corrected chi connectivity index (χ3v) is 1.69. The molecule has 4 heteroatoms. The summed E-state index contributed by atoms with van der Waals surface area (Å²) in [6.45, 7) is 1.81. The van der Waals surface area contributed by atoms with E-state index in [0.29, 0.717) is 11.6 Å². The first-order valence-electron chi connectivity index (χ1n) is 3.02. The molecule has 0 aliphatic heterocycles. The van der Waals surface area contributed by atoms with Gasteiger partial charge in [0, 0.05) is 18.0 Å². The molecular formula is C7H12N2OS. The SMILES string of the molecule is C.CCC(=O)Nc1nccs1. The van der Waals surface area contributed by atoms with Crippen molar-refractivity contribution in [1.82, 2.24) is 4.98 Å². The van der Waals surface area contributed by atoms with Crippen molar-refractivity contribution in [2.45, 2.75) is 20.8 Å². The molecule has 1 N–H and O–H groups in total. The van der Waals surface area contributed by atoms with E-state index in [1.807, 2.05) is 12.3 Å². The van der Waals surface area contributed by atoms with Gasteiger partial charge in [-0.1, -0.05) is 14.4 Å². The second kappa shape index (κ2) is 4.85. The molecule has 3 nitrogen and oxygen atoms in total. The van der Waals surface area contributed by atoms with Crippen molar-refractivity contribution in [2.75, 3.05) is 5.32 Å². The maximum atomic E-state index is 10.7. The van der Waals surface area contributed by atoms with E-state index in [9.17, 15) is 4.79 Å². The third kappa shape index (κ3) is 3.13. The van der Waals surface area contributed by atoms with Gasteiger partial charge in [0.1, 0.15) is 0 Å². The molecule has 0 aliphatic rings. The van der Waals surface area contributed by atoms with E-state index in [4.69, 9.17) is 0 Å². The van der Waals surface area contributed by atoms with Gasteiger partial charge in [-0.15, -0.1) is 11.3 Å². The molecule has 0 aromatic carbocycles. The number of aromatic nitrogens is 1. The van der Waals surface area contributed by atoms with Crippen molar-refractivity contribution in [3.05, 3.63) is 11.6 Å². The van der Waals surface area contributed by atoms with Crippen LogP contribution in [0.4, 0.5) is 5.13 Å². The summed E-state index contributed by atoms with van der Waals surface area (Å²) in [6, 6.07) is 0. The van der Waals surface area contributed by atoms with Crippen LogP contribution >= 0.6 is 11.3 Å². The van der Waals surface area contributed by atoms with Crippen molar-refractivity contribution < 1.29 is 4.79 Å². The third-order valence-electron chi connectivity index (χ3n) is 1.000. The van der Waals surface area contributed by atoms with Crippen LogP contribution in [0, 0.1) is 0 Å². The summed E-state index contributed by atoms with van der Waals surface area (Å²) >= 11 is 1.42. The van der Waals surface area contributed by atoms with Crippen LogP contribution in [-0.2, 0) is 4.79 Å². The van der Waals surface area contributed by atoms with Gasteiger partial charge in [0.15, 0.2) is 5.13 Å². The van der Waals surface area contributed by atoms with Gasteiger partial charge in [-0.2, -0.15) is 0 Å². The zero-order valence-electron chi connectivity index (χ0n) is 5.63. The Hall–Kier alpha value is -0.900. The summed E-state index contributed by atoms with van der Waals surface area (Å²) in [6.07, 6.45) is 2.16. The van der Waals surface area contributed by atoms with Crippen LogP contribution in [-0.4, -0.2) is 10.9 Å². The Labute approximate surface area is 70.5 Å². The number of amides is 1. The van der Waals surface area contributed by atoms with Gasteiger partial charge in [-0.05, 0) is 0 Å². The second-order valence-corrected chi connectivity index (χ2v) is 2.63. The smallest absolute Gasteiger partial charge is 0.225 e. The summed E-state index contributed by atoms with van der Waals surface area (Å²) in [5.41, 5.74) is 0. The average Bonchev–Trinajstić information content (AvgIpc) is 2.40. The number of anilines is 1. The molecule has 1 aromatic rings. The van der Waals surface area contributed by atoms with Gasteiger partial charge >= 0.3 is 0 Å². The van der Waals surface area contributed by atoms with E-state index >= 15 is 0 Å². The fourth-order valence-corrected chi connectivity index (χ4v) is 1.04. The standard InChI is InChI=1S/C6H8N2OS.CH4/c1-2-5(9)8-6-7-3-4-10-6;/h3-4H,2H2,1H3,(H,7,8,9);1H4. The van der Waals surface area contributed by atoms with Crippen LogP contribution in [0.5, 0.6) is 0 Å². The summed E-state index contributed by atoms with van der Waals surface area (Å²) in [5, 5.41) is 5.14. The number of nitrogens with one attached hydrogen (secondary N) is 1. The first kappa shape index (κ1) is 10.1. The Kier molecular flexibility index (Phi) is 4.45. The number of hydrogen-bond donors (Lipinski definition) is 1. The van der Waals surface area contributed by atoms with E-state index in [0.717, 1.165) is 0 Å². The summed E-state index contributed by atoms with van der Waals surface area (Å²) in [4.78, 5) is 14.6. The zero-order valence-corrected chi connectivity index (χ0v) is 6.44. The van der Waals surface area contributed by atoms with Crippen molar-refractivity contribution in [3.8, 4) is 0 Å². The largest absolute Gasteiger partial charge is 0.302 e. The number of thiazole rings is 1. The molecule has 0 atom stereocenters. The Bertz CT molecular complexity index is 208. The summed E-state index contributed by atoms with van der Waals surface area (Å²) in [5.74, 6) is 0.00921. The van der Waals surface area contributed by atoms with Crippen molar-refractivity contribution in [2.24, 2.45) is 0 Å². The number of carbonyl (C=O) groups excluding carboxylic acids is 1. The molecule has 1 heterocycles. The lowest BCUT2D eigenvalue weighted by Gasteiger charge is -1.94. The fourth-order valence-electron chi connectivity index (χ4n) is 0.493. The number of carbonyl (C=O) groups is 1. The first-order chi connectivity index (χ1) is 4.83. The van der Waals surface area contributed by atoms with E-state index < -0.39 is 0 Å². The highest BCUT2D eigenvalue weighted by Gasteiger charge is 1.98. The molecule has 62 valence electrons. The van der Waals surface area contributed by atoms with Crippen LogP contribution in [0.1, 0.15) is 20.8 Å². The van der Waals surface area contributed by atoms with Gasteiger partial charge in [-0.25, -0.2) is 4.98 Å². The van der Waals surface area contributed by atoms with Crippen LogP contribution in [0.2, 0.25) is 0 Å². The maximum Gasteiger partial charge on any atom is 0.225 e. The van der Waals surface area contributed by atoms with Crippen LogP contribution in [0.25, 0.3) is 0 Å². The summed E-state index contributed by atoms with van der Waals surface area (Å²) in [7, 11) is 0. The Morgan fingerprint density at radius 2 is 2.55 bits per heavy atom. The molecule has 11 heavy (non-hydrogen) atoms. The van der Waals surface area contributed by atoms with Crippen molar-refractivity contribution in [3.63, 3.8) is 0 Å². The molecule has 0 saturated carbocycles. The van der Waals surface area contributed by atoms with Gasteiger partial charge < -0.3 is 5.32 Å². The lowest BCUT2D eigenvalue weighted by atomic mass is 10.5. The van der Waals surface area contributed by atoms with Gasteiger partial charge in [0.25, 0.3) is 0 Å². The normalized spacial score (nSPS) is 8.45. The highest BCUT2D eigenvalue weighted by molar-refractivity contribution is 7.13. The van der Waals surface area contributed by atoms with Crippen LogP contribution in [0.15, 0.2) is 11.6 Å². The number of rotatable bonds is 2. The van der Waals surface area contributed by atoms with E-state index in [-0.39, 0.29) is 13.3 Å². The topological polar surface area (TPSA) is 42.0 Å². The molecule has 1 rings (SSSR count). The van der Waals surface area contributed by atoms with Crippen molar-refractivity contribution in [1.29, 1.82) is 0 Å². The fraction of sp³-hybridized carbons (Fsp3) is 0.429. The van der Waals surface area contributed by atoms with Gasteiger partial charge in [0.05, 0.1) is 0 Å². The highest BCUT2D eigenvalue weighted by Crippen LogP contribution is 2.09. The lowest BCUT2D eigenvalue weighted by molar-refractivity contribution is -0.115. The average molecular weight is 172 g/mol. The van der Waals surface area contributed by atoms with Crippen molar-refractivity contribution >= 4 is 22.4 Å². The highest BCUT2D eigenvalue weighted by atomic mass is 32.1. The molecule has 0 fully saturated rings.